The Morgan fingerprint density at radius 2 is 2.00 bits per heavy atom. The number of aliphatic imine (C=N–C) groups is 2. The Balaban J connectivity index is 2.14. The molecule has 3 rings (SSSR count). The lowest BCUT2D eigenvalue weighted by molar-refractivity contribution is 0.0989. The van der Waals surface area contributed by atoms with E-state index in [9.17, 15) is 4.79 Å². The van der Waals surface area contributed by atoms with Crippen molar-refractivity contribution < 1.29 is 4.79 Å². The summed E-state index contributed by atoms with van der Waals surface area (Å²) in [6, 6.07) is 5.52. The molecule has 1 heterocycles. The maximum Gasteiger partial charge on any atom is 0.220 e. The molecule has 1 aliphatic carbocycles. The second-order valence-corrected chi connectivity index (χ2v) is 7.64. The van der Waals surface area contributed by atoms with Gasteiger partial charge < -0.3 is 11.5 Å². The Kier molecular flexibility index (Phi) is 5.34. The van der Waals surface area contributed by atoms with Crippen molar-refractivity contribution in [3.05, 3.63) is 28.2 Å². The Labute approximate surface area is 160 Å². The largest absolute Gasteiger partial charge is 0.369 e. The number of ketones is 1. The number of anilines is 1. The van der Waals surface area contributed by atoms with Crippen LogP contribution in [0.25, 0.3) is 0 Å². The fourth-order valence-electron chi connectivity index (χ4n) is 3.62. The summed E-state index contributed by atoms with van der Waals surface area (Å²) in [5.41, 5.74) is 12.9. The number of nitrogens with two attached hydrogens (primary N) is 2. The second-order valence-electron chi connectivity index (χ2n) is 6.34. The van der Waals surface area contributed by atoms with Crippen LogP contribution in [0.5, 0.6) is 0 Å². The summed E-state index contributed by atoms with van der Waals surface area (Å²) < 4.78 is 0.853. The number of carbonyl (C=O) groups is 1. The summed E-state index contributed by atoms with van der Waals surface area (Å²) in [6.07, 6.45) is 5.11. The molecule has 2 aliphatic rings. The highest BCUT2D eigenvalue weighted by Gasteiger charge is 2.43. The number of nitrogens with zero attached hydrogens (tertiary/aromatic N) is 3. The SMILES string of the molecule is NC1=NC2(CCCCC2)N(c2cc(Br)ccc2C(=O)CCCl)C(N)=N1. The van der Waals surface area contributed by atoms with Crippen molar-refractivity contribution in [1.82, 2.24) is 0 Å². The van der Waals surface area contributed by atoms with E-state index in [2.05, 4.69) is 25.9 Å². The number of benzene rings is 1. The predicted octanol–water partition coefficient (Wildman–Crippen LogP) is 3.37. The van der Waals surface area contributed by atoms with Crippen LogP contribution in [-0.4, -0.2) is 29.2 Å². The van der Waals surface area contributed by atoms with Gasteiger partial charge in [0.15, 0.2) is 5.78 Å². The van der Waals surface area contributed by atoms with E-state index in [0.717, 1.165) is 36.6 Å². The van der Waals surface area contributed by atoms with Crippen molar-refractivity contribution in [2.75, 3.05) is 10.8 Å². The van der Waals surface area contributed by atoms with Gasteiger partial charge in [0.1, 0.15) is 5.66 Å². The third-order valence-electron chi connectivity index (χ3n) is 4.67. The van der Waals surface area contributed by atoms with E-state index in [4.69, 9.17) is 23.1 Å². The standard InChI is InChI=1S/C17H21BrClN5O/c18-11-4-5-12(14(25)6-9-19)13(10-11)24-16(21)22-15(20)23-17(24)7-2-1-3-8-17/h4-5,10H,1-3,6-9H2,(H4,20,21,22,23). The van der Waals surface area contributed by atoms with Crippen molar-refractivity contribution in [2.24, 2.45) is 21.5 Å². The van der Waals surface area contributed by atoms with Gasteiger partial charge in [-0.2, -0.15) is 4.99 Å². The predicted molar refractivity (Wildman–Crippen MR) is 105 cm³/mol. The molecule has 0 unspecified atom stereocenters. The van der Waals surface area contributed by atoms with Crippen LogP contribution in [0.2, 0.25) is 0 Å². The van der Waals surface area contributed by atoms with Gasteiger partial charge in [-0.25, -0.2) is 4.99 Å². The Morgan fingerprint density at radius 1 is 1.28 bits per heavy atom. The summed E-state index contributed by atoms with van der Waals surface area (Å²) in [4.78, 5) is 23.3. The van der Waals surface area contributed by atoms with Crippen molar-refractivity contribution in [1.29, 1.82) is 0 Å². The number of alkyl halides is 1. The number of carbonyl (C=O) groups excluding carboxylic acids is 1. The minimum Gasteiger partial charge on any atom is -0.369 e. The zero-order valence-electron chi connectivity index (χ0n) is 13.8. The first-order valence-electron chi connectivity index (χ1n) is 8.35. The normalized spacial score (nSPS) is 19.5. The first kappa shape index (κ1) is 18.2. The van der Waals surface area contributed by atoms with Crippen LogP contribution in [0.15, 0.2) is 32.7 Å². The van der Waals surface area contributed by atoms with E-state index in [1.54, 1.807) is 6.07 Å². The molecular formula is C17H21BrClN5O. The number of hydrogen-bond donors (Lipinski definition) is 2. The van der Waals surface area contributed by atoms with E-state index < -0.39 is 5.66 Å². The average Bonchev–Trinajstić information content (AvgIpc) is 2.55. The number of Topliss-reactive ketones (excluding diaryl/α,β-unsaturated/α-hetero) is 1. The van der Waals surface area contributed by atoms with Crippen molar-refractivity contribution in [2.45, 2.75) is 44.2 Å². The summed E-state index contributed by atoms with van der Waals surface area (Å²) in [6.45, 7) is 0. The van der Waals surface area contributed by atoms with Gasteiger partial charge in [0.05, 0.1) is 5.69 Å². The Hall–Kier alpha value is -1.60. The second kappa shape index (κ2) is 7.33. The third kappa shape index (κ3) is 3.53. The smallest absolute Gasteiger partial charge is 0.220 e. The van der Waals surface area contributed by atoms with Crippen molar-refractivity contribution >= 4 is 50.9 Å². The molecule has 0 atom stereocenters. The van der Waals surface area contributed by atoms with Crippen molar-refractivity contribution in [3.63, 3.8) is 0 Å². The van der Waals surface area contributed by atoms with Gasteiger partial charge in [-0.3, -0.25) is 9.69 Å². The topological polar surface area (TPSA) is 97.1 Å². The maximum atomic E-state index is 12.6. The van der Waals surface area contributed by atoms with E-state index in [0.29, 0.717) is 11.3 Å². The molecule has 134 valence electrons. The van der Waals surface area contributed by atoms with Gasteiger partial charge >= 0.3 is 0 Å². The lowest BCUT2D eigenvalue weighted by Gasteiger charge is -2.46. The number of guanidine groups is 2. The molecule has 0 bridgehead atoms. The molecule has 0 aromatic heterocycles. The van der Waals surface area contributed by atoms with Crippen LogP contribution < -0.4 is 16.4 Å². The molecule has 8 heteroatoms. The number of rotatable bonds is 4. The van der Waals surface area contributed by atoms with Crippen LogP contribution in [-0.2, 0) is 0 Å². The Bertz CT molecular complexity index is 743. The summed E-state index contributed by atoms with van der Waals surface area (Å²) in [5.74, 6) is 0.708. The first-order chi connectivity index (χ1) is 12.0. The van der Waals surface area contributed by atoms with E-state index >= 15 is 0 Å². The zero-order chi connectivity index (χ0) is 18.0. The molecule has 4 N–H and O–H groups in total. The Morgan fingerprint density at radius 3 is 2.68 bits per heavy atom. The molecule has 1 aromatic rings. The molecule has 1 spiro atoms. The van der Waals surface area contributed by atoms with Crippen molar-refractivity contribution in [3.8, 4) is 0 Å². The maximum absolute atomic E-state index is 12.6. The van der Waals surface area contributed by atoms with Gasteiger partial charge in [0.2, 0.25) is 11.9 Å². The summed E-state index contributed by atoms with van der Waals surface area (Å²) >= 11 is 9.27. The molecule has 0 saturated heterocycles. The average molecular weight is 427 g/mol. The summed E-state index contributed by atoms with van der Waals surface area (Å²) in [5, 5.41) is 0. The van der Waals surface area contributed by atoms with Crippen LogP contribution in [0.1, 0.15) is 48.9 Å². The van der Waals surface area contributed by atoms with E-state index in [1.165, 1.54) is 0 Å². The fraction of sp³-hybridized carbons (Fsp3) is 0.471. The van der Waals surface area contributed by atoms with Gasteiger partial charge in [-0.05, 0) is 43.9 Å². The molecule has 1 fully saturated rings. The van der Waals surface area contributed by atoms with E-state index in [-0.39, 0.29) is 30.0 Å². The lowest BCUT2D eigenvalue weighted by Crippen LogP contribution is -2.58. The molecule has 6 nitrogen and oxygen atoms in total. The van der Waals surface area contributed by atoms with E-state index in [1.807, 2.05) is 17.0 Å². The highest BCUT2D eigenvalue weighted by Crippen LogP contribution is 2.41. The van der Waals surface area contributed by atoms with Gasteiger partial charge in [-0.15, -0.1) is 11.6 Å². The van der Waals surface area contributed by atoms with Gasteiger partial charge in [-0.1, -0.05) is 22.4 Å². The zero-order valence-corrected chi connectivity index (χ0v) is 16.2. The molecule has 0 radical (unpaired) electrons. The quantitative estimate of drug-likeness (QED) is 0.570. The number of halogens is 2. The lowest BCUT2D eigenvalue weighted by atomic mass is 9.86. The van der Waals surface area contributed by atoms with Crippen LogP contribution in [0.3, 0.4) is 0 Å². The molecular weight excluding hydrogens is 406 g/mol. The van der Waals surface area contributed by atoms with Crippen LogP contribution >= 0.6 is 27.5 Å². The van der Waals surface area contributed by atoms with Crippen LogP contribution in [0, 0.1) is 0 Å². The monoisotopic (exact) mass is 425 g/mol. The first-order valence-corrected chi connectivity index (χ1v) is 9.68. The van der Waals surface area contributed by atoms with Crippen LogP contribution in [0.4, 0.5) is 5.69 Å². The molecule has 1 aromatic carbocycles. The minimum atomic E-state index is -0.578. The van der Waals surface area contributed by atoms with Gasteiger partial charge in [0, 0.05) is 22.3 Å². The minimum absolute atomic E-state index is 0.0289. The summed E-state index contributed by atoms with van der Waals surface area (Å²) in [7, 11) is 0. The fourth-order valence-corrected chi connectivity index (χ4v) is 4.14. The third-order valence-corrected chi connectivity index (χ3v) is 5.36. The highest BCUT2D eigenvalue weighted by atomic mass is 79.9. The van der Waals surface area contributed by atoms with Gasteiger partial charge in [0.25, 0.3) is 0 Å². The highest BCUT2D eigenvalue weighted by molar-refractivity contribution is 9.10. The number of hydrogen-bond acceptors (Lipinski definition) is 6. The molecule has 1 saturated carbocycles. The molecule has 0 amide bonds. The molecule has 1 aliphatic heterocycles. The molecule has 25 heavy (non-hydrogen) atoms.